The first kappa shape index (κ1) is 23.4. The SMILES string of the molecule is CCOc1c(C2(Nc3cccc(F)c3OC)CNC3=C2C(=O)NCC3)ccnc1[C@H]1COCCO1. The van der Waals surface area contributed by atoms with E-state index in [-0.39, 0.29) is 11.7 Å². The van der Waals surface area contributed by atoms with Gasteiger partial charge in [-0.05, 0) is 25.1 Å². The standard InChI is InChI=1S/C25H29FN4O5/c1-3-34-22-15(7-9-27-21(22)19-13-33-11-12-35-19)25(14-29-17-8-10-28-24(31)20(17)25)30-18-6-4-5-16(26)23(18)32-2/h4-7,9,19,29-30H,3,8,10-14H2,1-2H3,(H,28,31)/t19-,25?/m1/s1. The summed E-state index contributed by atoms with van der Waals surface area (Å²) in [5.41, 5.74) is 2.00. The van der Waals surface area contributed by atoms with Crippen molar-refractivity contribution in [1.29, 1.82) is 0 Å². The first-order valence-corrected chi connectivity index (χ1v) is 11.8. The Hall–Kier alpha value is -3.37. The quantitative estimate of drug-likeness (QED) is 0.551. The summed E-state index contributed by atoms with van der Waals surface area (Å²) in [4.78, 5) is 17.9. The molecule has 1 amide bonds. The second-order valence-corrected chi connectivity index (χ2v) is 8.50. The summed E-state index contributed by atoms with van der Waals surface area (Å²) in [5, 5.41) is 9.82. The van der Waals surface area contributed by atoms with Crippen LogP contribution in [0.2, 0.25) is 0 Å². The summed E-state index contributed by atoms with van der Waals surface area (Å²) in [6, 6.07) is 6.49. The van der Waals surface area contributed by atoms with Crippen molar-refractivity contribution >= 4 is 11.6 Å². The van der Waals surface area contributed by atoms with Crippen LogP contribution in [0, 0.1) is 5.82 Å². The minimum absolute atomic E-state index is 0.0633. The number of carbonyl (C=O) groups excluding carboxylic acids is 1. The molecule has 0 spiro atoms. The van der Waals surface area contributed by atoms with Crippen LogP contribution in [0.1, 0.15) is 30.7 Å². The number of halogens is 1. The van der Waals surface area contributed by atoms with Gasteiger partial charge in [-0.2, -0.15) is 0 Å². The first-order chi connectivity index (χ1) is 17.1. The molecule has 1 saturated heterocycles. The monoisotopic (exact) mass is 484 g/mol. The third kappa shape index (κ3) is 4.06. The molecule has 3 aliphatic rings. The maximum atomic E-state index is 14.6. The van der Waals surface area contributed by atoms with E-state index in [2.05, 4.69) is 20.9 Å². The van der Waals surface area contributed by atoms with Crippen molar-refractivity contribution < 1.29 is 28.1 Å². The average molecular weight is 485 g/mol. The molecule has 1 fully saturated rings. The van der Waals surface area contributed by atoms with Crippen LogP contribution in [0.3, 0.4) is 0 Å². The lowest BCUT2D eigenvalue weighted by Gasteiger charge is -2.37. The van der Waals surface area contributed by atoms with Gasteiger partial charge in [0.2, 0.25) is 0 Å². The van der Waals surface area contributed by atoms with Gasteiger partial charge in [0.1, 0.15) is 23.1 Å². The number of methoxy groups -OCH3 is 1. The fourth-order valence-electron chi connectivity index (χ4n) is 5.03. The van der Waals surface area contributed by atoms with Crippen molar-refractivity contribution in [2.75, 3.05) is 51.9 Å². The van der Waals surface area contributed by atoms with Gasteiger partial charge in [0, 0.05) is 37.0 Å². The van der Waals surface area contributed by atoms with Crippen molar-refractivity contribution in [2.45, 2.75) is 25.0 Å². The molecule has 35 heavy (non-hydrogen) atoms. The Balaban J connectivity index is 1.71. The van der Waals surface area contributed by atoms with E-state index in [1.54, 1.807) is 18.3 Å². The molecule has 186 valence electrons. The molecule has 2 aromatic rings. The van der Waals surface area contributed by atoms with Gasteiger partial charge in [-0.15, -0.1) is 0 Å². The molecule has 0 bridgehead atoms. The number of hydrogen-bond donors (Lipinski definition) is 3. The molecule has 9 nitrogen and oxygen atoms in total. The van der Waals surface area contributed by atoms with Crippen LogP contribution in [-0.2, 0) is 19.8 Å². The van der Waals surface area contributed by atoms with Crippen LogP contribution >= 0.6 is 0 Å². The Bertz CT molecular complexity index is 1150. The van der Waals surface area contributed by atoms with E-state index in [4.69, 9.17) is 18.9 Å². The van der Waals surface area contributed by atoms with E-state index < -0.39 is 17.5 Å². The van der Waals surface area contributed by atoms with Crippen LogP contribution in [0.4, 0.5) is 10.1 Å². The molecule has 0 saturated carbocycles. The van der Waals surface area contributed by atoms with E-state index in [0.717, 1.165) is 5.70 Å². The molecule has 3 N–H and O–H groups in total. The molecule has 10 heteroatoms. The predicted molar refractivity (Wildman–Crippen MR) is 126 cm³/mol. The van der Waals surface area contributed by atoms with Crippen molar-refractivity contribution in [1.82, 2.24) is 15.6 Å². The van der Waals surface area contributed by atoms with Gasteiger partial charge >= 0.3 is 0 Å². The number of rotatable bonds is 7. The molecule has 4 heterocycles. The second kappa shape index (κ2) is 9.71. The van der Waals surface area contributed by atoms with E-state index in [1.807, 2.05) is 13.0 Å². The van der Waals surface area contributed by atoms with Crippen molar-refractivity contribution in [3.05, 3.63) is 58.8 Å². The lowest BCUT2D eigenvalue weighted by Crippen LogP contribution is -2.46. The van der Waals surface area contributed by atoms with Gasteiger partial charge in [0.15, 0.2) is 11.6 Å². The Morgan fingerprint density at radius 3 is 2.91 bits per heavy atom. The Morgan fingerprint density at radius 1 is 1.26 bits per heavy atom. The fraction of sp³-hybridized carbons (Fsp3) is 0.440. The van der Waals surface area contributed by atoms with Gasteiger partial charge in [0.05, 0.1) is 44.8 Å². The van der Waals surface area contributed by atoms with Gasteiger partial charge in [-0.25, -0.2) is 4.39 Å². The normalized spacial score (nSPS) is 23.9. The molecule has 5 rings (SSSR count). The van der Waals surface area contributed by atoms with Crippen LogP contribution in [-0.4, -0.2) is 57.5 Å². The first-order valence-electron chi connectivity index (χ1n) is 11.8. The number of carbonyl (C=O) groups is 1. The molecule has 0 aliphatic carbocycles. The van der Waals surface area contributed by atoms with Crippen molar-refractivity contribution in [2.24, 2.45) is 0 Å². The largest absolute Gasteiger partial charge is 0.492 e. The van der Waals surface area contributed by atoms with Gasteiger partial charge < -0.3 is 34.9 Å². The lowest BCUT2D eigenvalue weighted by molar-refractivity contribution is -0.118. The molecule has 1 unspecified atom stereocenters. The van der Waals surface area contributed by atoms with Crippen LogP contribution in [0.25, 0.3) is 0 Å². The van der Waals surface area contributed by atoms with E-state index in [9.17, 15) is 9.18 Å². The molecule has 3 aliphatic heterocycles. The number of ether oxygens (including phenoxy) is 4. The summed E-state index contributed by atoms with van der Waals surface area (Å²) in [6.07, 6.45) is 1.93. The Morgan fingerprint density at radius 2 is 2.14 bits per heavy atom. The second-order valence-electron chi connectivity index (χ2n) is 8.50. The Kier molecular flexibility index (Phi) is 6.48. The number of pyridine rings is 1. The summed E-state index contributed by atoms with van der Waals surface area (Å²) < 4.78 is 37.7. The maximum Gasteiger partial charge on any atom is 0.251 e. The molecule has 1 aromatic carbocycles. The predicted octanol–water partition coefficient (Wildman–Crippen LogP) is 2.40. The van der Waals surface area contributed by atoms with Gasteiger partial charge in [-0.1, -0.05) is 6.07 Å². The highest BCUT2D eigenvalue weighted by molar-refractivity contribution is 5.99. The average Bonchev–Trinajstić information content (AvgIpc) is 3.25. The molecular weight excluding hydrogens is 455 g/mol. The van der Waals surface area contributed by atoms with Crippen LogP contribution in [0.15, 0.2) is 41.7 Å². The minimum Gasteiger partial charge on any atom is -0.492 e. The minimum atomic E-state index is -1.08. The number of nitrogens with one attached hydrogen (secondary N) is 3. The highest BCUT2D eigenvalue weighted by Crippen LogP contribution is 2.47. The van der Waals surface area contributed by atoms with E-state index in [1.165, 1.54) is 13.2 Å². The lowest BCUT2D eigenvalue weighted by atomic mass is 9.80. The number of nitrogens with zero attached hydrogens (tertiary/aromatic N) is 1. The van der Waals surface area contributed by atoms with Crippen molar-refractivity contribution in [3.63, 3.8) is 0 Å². The molecule has 0 radical (unpaired) electrons. The van der Waals surface area contributed by atoms with E-state index in [0.29, 0.717) is 74.2 Å². The number of anilines is 1. The van der Waals surface area contributed by atoms with Crippen molar-refractivity contribution in [3.8, 4) is 11.5 Å². The third-order valence-corrected chi connectivity index (χ3v) is 6.50. The highest BCUT2D eigenvalue weighted by Gasteiger charge is 2.50. The topological polar surface area (TPSA) is 103 Å². The number of amides is 1. The smallest absolute Gasteiger partial charge is 0.251 e. The third-order valence-electron chi connectivity index (χ3n) is 6.50. The number of aromatic nitrogens is 1. The van der Waals surface area contributed by atoms with Gasteiger partial charge in [0.25, 0.3) is 5.91 Å². The zero-order chi connectivity index (χ0) is 24.4. The zero-order valence-electron chi connectivity index (χ0n) is 19.8. The number of para-hydroxylation sites is 1. The summed E-state index contributed by atoms with van der Waals surface area (Å²) >= 11 is 0. The van der Waals surface area contributed by atoms with Crippen LogP contribution < -0.4 is 25.4 Å². The number of benzene rings is 1. The fourth-order valence-corrected chi connectivity index (χ4v) is 5.03. The molecule has 1 aromatic heterocycles. The summed E-state index contributed by atoms with van der Waals surface area (Å²) in [7, 11) is 1.41. The number of hydrogen-bond acceptors (Lipinski definition) is 8. The summed E-state index contributed by atoms with van der Waals surface area (Å²) in [5.74, 6) is -0.123. The zero-order valence-corrected chi connectivity index (χ0v) is 19.8. The van der Waals surface area contributed by atoms with Crippen LogP contribution in [0.5, 0.6) is 11.5 Å². The van der Waals surface area contributed by atoms with E-state index >= 15 is 0 Å². The summed E-state index contributed by atoms with van der Waals surface area (Å²) in [6.45, 7) is 4.47. The maximum absolute atomic E-state index is 14.6. The highest BCUT2D eigenvalue weighted by atomic mass is 19.1. The Labute approximate surface area is 203 Å². The van der Waals surface area contributed by atoms with Gasteiger partial charge in [-0.3, -0.25) is 9.78 Å². The molecular formula is C25H29FN4O5. The molecule has 2 atom stereocenters.